The van der Waals surface area contributed by atoms with Gasteiger partial charge in [-0.1, -0.05) is 0 Å². The van der Waals surface area contributed by atoms with Gasteiger partial charge in [-0.15, -0.1) is 0 Å². The number of ether oxygens (including phenoxy) is 3. The Balaban J connectivity index is 1.39. The van der Waals surface area contributed by atoms with Gasteiger partial charge in [0, 0.05) is 42.0 Å². The minimum atomic E-state index is -0.422. The van der Waals surface area contributed by atoms with Crippen molar-refractivity contribution < 1.29 is 19.0 Å². The summed E-state index contributed by atoms with van der Waals surface area (Å²) in [5, 5.41) is 12.9. The molecule has 174 valence electrons. The Morgan fingerprint density at radius 1 is 0.853 bits per heavy atom. The second-order valence-corrected chi connectivity index (χ2v) is 6.91. The molecule has 0 unspecified atom stereocenters. The predicted octanol–water partition coefficient (Wildman–Crippen LogP) is 4.08. The average molecular weight is 461 g/mol. The van der Waals surface area contributed by atoms with Gasteiger partial charge in [0.2, 0.25) is 5.75 Å². The quantitative estimate of drug-likeness (QED) is 0.359. The molecule has 4 aromatic rings. The zero-order valence-corrected chi connectivity index (χ0v) is 18.8. The molecule has 0 spiro atoms. The molecule has 34 heavy (non-hydrogen) atoms. The van der Waals surface area contributed by atoms with Crippen molar-refractivity contribution in [3.8, 4) is 23.1 Å². The average Bonchev–Trinajstić information content (AvgIpc) is 3.40. The van der Waals surface area contributed by atoms with Crippen molar-refractivity contribution in [1.82, 2.24) is 19.7 Å². The van der Waals surface area contributed by atoms with E-state index in [1.165, 1.54) is 27.7 Å². The number of carbonyl (C=O) groups is 1. The molecule has 2 heterocycles. The van der Waals surface area contributed by atoms with Crippen molar-refractivity contribution in [3.63, 3.8) is 0 Å². The fourth-order valence-electron chi connectivity index (χ4n) is 3.18. The van der Waals surface area contributed by atoms with Crippen LogP contribution < -0.4 is 30.2 Å². The lowest BCUT2D eigenvalue weighted by Gasteiger charge is -2.15. The molecule has 4 rings (SSSR count). The molecular formula is C23H23N7O4. The first kappa shape index (κ1) is 22.4. The fraction of sp³-hybridized carbons (Fsp3) is 0.130. The van der Waals surface area contributed by atoms with Crippen molar-refractivity contribution in [2.24, 2.45) is 0 Å². The van der Waals surface area contributed by atoms with E-state index in [9.17, 15) is 4.79 Å². The summed E-state index contributed by atoms with van der Waals surface area (Å²) in [7, 11) is 4.54. The summed E-state index contributed by atoms with van der Waals surface area (Å²) in [5.41, 5.74) is 1.89. The fourth-order valence-corrected chi connectivity index (χ4v) is 3.18. The van der Waals surface area contributed by atoms with Crippen LogP contribution in [0.3, 0.4) is 0 Å². The third-order valence-electron chi connectivity index (χ3n) is 4.73. The van der Waals surface area contributed by atoms with Crippen LogP contribution in [0, 0.1) is 0 Å². The molecule has 0 aliphatic heterocycles. The van der Waals surface area contributed by atoms with Crippen LogP contribution in [0.1, 0.15) is 0 Å². The van der Waals surface area contributed by atoms with Crippen LogP contribution in [0.5, 0.6) is 17.2 Å². The summed E-state index contributed by atoms with van der Waals surface area (Å²) in [6.07, 6.45) is 4.94. The van der Waals surface area contributed by atoms with Gasteiger partial charge in [-0.3, -0.25) is 0 Å². The van der Waals surface area contributed by atoms with E-state index in [1.807, 2.05) is 18.2 Å². The molecular weight excluding hydrogens is 438 g/mol. The van der Waals surface area contributed by atoms with Gasteiger partial charge >= 0.3 is 6.03 Å². The van der Waals surface area contributed by atoms with Crippen LogP contribution in [-0.4, -0.2) is 47.1 Å². The van der Waals surface area contributed by atoms with Crippen molar-refractivity contribution in [3.05, 3.63) is 67.3 Å². The summed E-state index contributed by atoms with van der Waals surface area (Å²) in [4.78, 5) is 20.9. The maximum Gasteiger partial charge on any atom is 0.323 e. The lowest BCUT2D eigenvalue weighted by atomic mass is 10.2. The van der Waals surface area contributed by atoms with Gasteiger partial charge in [0.1, 0.15) is 12.1 Å². The number of benzene rings is 2. The number of hydrogen-bond donors (Lipinski definition) is 3. The van der Waals surface area contributed by atoms with Gasteiger partial charge in [0.25, 0.3) is 0 Å². The summed E-state index contributed by atoms with van der Waals surface area (Å²) >= 11 is 0. The smallest absolute Gasteiger partial charge is 0.323 e. The van der Waals surface area contributed by atoms with E-state index in [2.05, 4.69) is 31.0 Å². The Hall–Kier alpha value is -4.80. The zero-order chi connectivity index (χ0) is 23.9. The summed E-state index contributed by atoms with van der Waals surface area (Å²) in [5.74, 6) is 2.58. The number of carbonyl (C=O) groups excluding carboxylic acids is 1. The molecule has 2 amide bonds. The number of hydrogen-bond acceptors (Lipinski definition) is 8. The standard InChI is InChI=1S/C23H23N7O4/c1-32-18-11-17(12-19(33-2)22(18)34-3)29-23(31)28-16-7-5-15(6-8-16)27-20-13-21(25-14-24-20)30-10-4-9-26-30/h4-14H,1-3H3,(H,24,25,27)(H2,28,29,31). The monoisotopic (exact) mass is 461 g/mol. The van der Waals surface area contributed by atoms with Gasteiger partial charge < -0.3 is 30.2 Å². The molecule has 3 N–H and O–H groups in total. The third kappa shape index (κ3) is 5.15. The molecule has 0 saturated carbocycles. The Morgan fingerprint density at radius 2 is 1.53 bits per heavy atom. The van der Waals surface area contributed by atoms with Crippen LogP contribution in [0.4, 0.5) is 27.7 Å². The molecule has 0 fully saturated rings. The number of aromatic nitrogens is 4. The van der Waals surface area contributed by atoms with Crippen LogP contribution in [0.2, 0.25) is 0 Å². The maximum absolute atomic E-state index is 12.5. The second kappa shape index (κ2) is 10.2. The Kier molecular flexibility index (Phi) is 6.73. The number of rotatable bonds is 8. The molecule has 11 heteroatoms. The number of methoxy groups -OCH3 is 3. The Bertz CT molecular complexity index is 1240. The number of nitrogens with zero attached hydrogens (tertiary/aromatic N) is 4. The molecule has 0 radical (unpaired) electrons. The van der Waals surface area contributed by atoms with Gasteiger partial charge in [0.05, 0.1) is 27.0 Å². The topological polar surface area (TPSA) is 124 Å². The normalized spacial score (nSPS) is 10.3. The number of urea groups is 1. The predicted molar refractivity (Wildman–Crippen MR) is 128 cm³/mol. The van der Waals surface area contributed by atoms with Gasteiger partial charge in [-0.2, -0.15) is 5.10 Å². The van der Waals surface area contributed by atoms with E-state index in [4.69, 9.17) is 14.2 Å². The minimum Gasteiger partial charge on any atom is -0.493 e. The van der Waals surface area contributed by atoms with Crippen molar-refractivity contribution >= 4 is 28.9 Å². The highest BCUT2D eigenvalue weighted by Gasteiger charge is 2.14. The van der Waals surface area contributed by atoms with E-state index < -0.39 is 6.03 Å². The highest BCUT2D eigenvalue weighted by Crippen LogP contribution is 2.39. The van der Waals surface area contributed by atoms with Crippen LogP contribution in [0.25, 0.3) is 5.82 Å². The van der Waals surface area contributed by atoms with E-state index >= 15 is 0 Å². The SMILES string of the molecule is COc1cc(NC(=O)Nc2ccc(Nc3cc(-n4cccn4)ncn3)cc2)cc(OC)c1OC. The summed E-state index contributed by atoms with van der Waals surface area (Å²) < 4.78 is 17.6. The van der Waals surface area contributed by atoms with E-state index in [1.54, 1.807) is 47.4 Å². The molecule has 0 aliphatic carbocycles. The first-order chi connectivity index (χ1) is 16.6. The Labute approximate surface area is 195 Å². The molecule has 0 aliphatic rings. The van der Waals surface area contributed by atoms with Gasteiger partial charge in [-0.25, -0.2) is 19.4 Å². The molecule has 0 saturated heterocycles. The van der Waals surface area contributed by atoms with Crippen LogP contribution in [0.15, 0.2) is 67.3 Å². The van der Waals surface area contributed by atoms with Crippen LogP contribution in [-0.2, 0) is 0 Å². The van der Waals surface area contributed by atoms with Crippen molar-refractivity contribution in [2.45, 2.75) is 0 Å². The van der Waals surface area contributed by atoms with Crippen molar-refractivity contribution in [1.29, 1.82) is 0 Å². The largest absolute Gasteiger partial charge is 0.493 e. The second-order valence-electron chi connectivity index (χ2n) is 6.91. The van der Waals surface area contributed by atoms with Gasteiger partial charge in [-0.05, 0) is 30.3 Å². The summed E-state index contributed by atoms with van der Waals surface area (Å²) in [6, 6.07) is 13.7. The van der Waals surface area contributed by atoms with E-state index in [-0.39, 0.29) is 0 Å². The Morgan fingerprint density at radius 3 is 2.15 bits per heavy atom. The lowest BCUT2D eigenvalue weighted by Crippen LogP contribution is -2.19. The lowest BCUT2D eigenvalue weighted by molar-refractivity contribution is 0.262. The van der Waals surface area contributed by atoms with Crippen molar-refractivity contribution in [2.75, 3.05) is 37.3 Å². The van der Waals surface area contributed by atoms with Crippen LogP contribution >= 0.6 is 0 Å². The number of anilines is 4. The zero-order valence-electron chi connectivity index (χ0n) is 18.8. The highest BCUT2D eigenvalue weighted by molar-refractivity contribution is 6.00. The molecule has 2 aromatic carbocycles. The van der Waals surface area contributed by atoms with E-state index in [0.29, 0.717) is 40.3 Å². The summed E-state index contributed by atoms with van der Waals surface area (Å²) in [6.45, 7) is 0. The first-order valence-corrected chi connectivity index (χ1v) is 10.2. The maximum atomic E-state index is 12.5. The third-order valence-corrected chi connectivity index (χ3v) is 4.73. The number of amides is 2. The molecule has 11 nitrogen and oxygen atoms in total. The van der Waals surface area contributed by atoms with E-state index in [0.717, 1.165) is 5.69 Å². The first-order valence-electron chi connectivity index (χ1n) is 10.2. The molecule has 0 atom stereocenters. The molecule has 2 aromatic heterocycles. The molecule has 0 bridgehead atoms. The van der Waals surface area contributed by atoms with Gasteiger partial charge in [0.15, 0.2) is 17.3 Å². The minimum absolute atomic E-state index is 0.422. The number of nitrogens with one attached hydrogen (secondary N) is 3. The highest BCUT2D eigenvalue weighted by atomic mass is 16.5.